The first-order valence-electron chi connectivity index (χ1n) is 14.6. The van der Waals surface area contributed by atoms with E-state index in [-0.39, 0.29) is 12.6 Å². The van der Waals surface area contributed by atoms with Crippen molar-refractivity contribution in [1.82, 2.24) is 0 Å². The van der Waals surface area contributed by atoms with Crippen LogP contribution in [0.1, 0.15) is 29.2 Å². The second kappa shape index (κ2) is 16.0. The zero-order chi connectivity index (χ0) is 29.7. The molecular weight excluding hydrogens is 540 g/mol. The number of rotatable bonds is 13. The first kappa shape index (κ1) is 30.4. The predicted octanol–water partition coefficient (Wildman–Crippen LogP) is 6.79. The molecule has 0 N–H and O–H groups in total. The van der Waals surface area contributed by atoms with Gasteiger partial charge >= 0.3 is 5.97 Å². The molecule has 0 unspecified atom stereocenters. The summed E-state index contributed by atoms with van der Waals surface area (Å²) in [4.78, 5) is 11.9. The van der Waals surface area contributed by atoms with Crippen LogP contribution in [0.2, 0.25) is 0 Å². The summed E-state index contributed by atoms with van der Waals surface area (Å²) in [5, 5.41) is 0. The van der Waals surface area contributed by atoms with E-state index < -0.39 is 30.5 Å². The molecule has 0 radical (unpaired) electrons. The normalized spacial score (nSPS) is 21.9. The van der Waals surface area contributed by atoms with Gasteiger partial charge in [-0.05, 0) is 22.3 Å². The van der Waals surface area contributed by atoms with Crippen molar-refractivity contribution in [3.8, 4) is 0 Å². The Hall–Kier alpha value is -4.07. The third-order valence-electron chi connectivity index (χ3n) is 7.25. The number of benzene rings is 4. The van der Waals surface area contributed by atoms with Crippen LogP contribution in [-0.4, -0.2) is 43.1 Å². The molecule has 1 fully saturated rings. The molecule has 4 aromatic rings. The Morgan fingerprint density at radius 2 is 1.07 bits per heavy atom. The summed E-state index contributed by atoms with van der Waals surface area (Å²) in [6.07, 6.45) is 1.30. The van der Waals surface area contributed by atoms with Crippen molar-refractivity contribution in [2.45, 2.75) is 57.3 Å². The Kier molecular flexibility index (Phi) is 11.3. The average molecular weight is 579 g/mol. The zero-order valence-electron chi connectivity index (χ0n) is 24.4. The van der Waals surface area contributed by atoms with Gasteiger partial charge in [0.05, 0.1) is 19.8 Å². The summed E-state index contributed by atoms with van der Waals surface area (Å²) in [5.41, 5.74) is 4.13. The zero-order valence-corrected chi connectivity index (χ0v) is 24.4. The molecule has 0 aromatic heterocycles. The third-order valence-corrected chi connectivity index (χ3v) is 7.25. The summed E-state index contributed by atoms with van der Waals surface area (Å²) in [7, 11) is 0. The first-order chi connectivity index (χ1) is 21.2. The number of carbonyl (C=O) groups is 1. The van der Waals surface area contributed by atoms with Crippen molar-refractivity contribution in [2.24, 2.45) is 0 Å². The molecule has 0 spiro atoms. The Balaban J connectivity index is 1.48. The fourth-order valence-corrected chi connectivity index (χ4v) is 5.08. The highest BCUT2D eigenvalue weighted by Gasteiger charge is 2.48. The van der Waals surface area contributed by atoms with Crippen molar-refractivity contribution >= 4 is 12.0 Å². The van der Waals surface area contributed by atoms with Gasteiger partial charge in [-0.25, -0.2) is 0 Å². The average Bonchev–Trinajstić information content (AvgIpc) is 3.05. The van der Waals surface area contributed by atoms with E-state index in [4.69, 9.17) is 23.7 Å². The summed E-state index contributed by atoms with van der Waals surface area (Å²) in [6, 6.07) is 40.0. The molecule has 43 heavy (non-hydrogen) atoms. The molecule has 1 aliphatic rings. The van der Waals surface area contributed by atoms with Crippen molar-refractivity contribution < 1.29 is 28.5 Å². The Morgan fingerprint density at radius 3 is 1.56 bits per heavy atom. The van der Waals surface area contributed by atoms with Crippen LogP contribution >= 0.6 is 0 Å². The Morgan fingerprint density at radius 1 is 0.628 bits per heavy atom. The standard InChI is InChI=1S/C37H38O6/c1-28(38)39-27-34-36(41-25-31-18-10-4-11-19-31)37(42-26-32-20-12-5-13-21-32)35(40-24-30-16-8-3-9-17-30)33(43-34)23-22-29-14-6-2-7-15-29/h2-23,33-37H,24-27H2,1H3/b23-22-/t33-,34-,35+,36-,37-/m1/s1. The molecule has 5 rings (SSSR count). The summed E-state index contributed by atoms with van der Waals surface area (Å²) in [5.74, 6) is -0.383. The van der Waals surface area contributed by atoms with Crippen LogP contribution in [0.25, 0.3) is 6.08 Å². The molecule has 222 valence electrons. The van der Waals surface area contributed by atoms with E-state index in [1.54, 1.807) is 0 Å². The van der Waals surface area contributed by atoms with Gasteiger partial charge in [0.2, 0.25) is 0 Å². The predicted molar refractivity (Wildman–Crippen MR) is 166 cm³/mol. The van der Waals surface area contributed by atoms with Crippen molar-refractivity contribution in [2.75, 3.05) is 6.61 Å². The quantitative estimate of drug-likeness (QED) is 0.163. The molecule has 1 aliphatic heterocycles. The maximum absolute atomic E-state index is 11.9. The van der Waals surface area contributed by atoms with Gasteiger partial charge in [0.1, 0.15) is 37.1 Å². The van der Waals surface area contributed by atoms with E-state index in [0.717, 1.165) is 22.3 Å². The van der Waals surface area contributed by atoms with Gasteiger partial charge in [0, 0.05) is 6.92 Å². The lowest BCUT2D eigenvalue weighted by molar-refractivity contribution is -0.261. The van der Waals surface area contributed by atoms with Gasteiger partial charge in [-0.2, -0.15) is 0 Å². The SMILES string of the molecule is CC(=O)OC[C@H]1O[C@H](/C=C\c2ccccc2)[C@H](OCc2ccccc2)[C@@H](OCc2ccccc2)[C@@H]1OCc1ccccc1. The molecule has 0 bridgehead atoms. The summed E-state index contributed by atoms with van der Waals surface area (Å²) >= 11 is 0. The molecule has 0 aliphatic carbocycles. The molecule has 4 aromatic carbocycles. The number of carbonyl (C=O) groups excluding carboxylic acids is 1. The van der Waals surface area contributed by atoms with Crippen LogP contribution in [0.5, 0.6) is 0 Å². The minimum atomic E-state index is -0.588. The Bertz CT molecular complexity index is 1390. The van der Waals surface area contributed by atoms with Crippen LogP contribution in [0, 0.1) is 0 Å². The molecule has 6 heteroatoms. The molecular formula is C37H38O6. The Labute approximate surface area is 253 Å². The molecule has 5 atom stereocenters. The van der Waals surface area contributed by atoms with Gasteiger partial charge in [0.15, 0.2) is 0 Å². The maximum Gasteiger partial charge on any atom is 0.302 e. The highest BCUT2D eigenvalue weighted by Crippen LogP contribution is 2.32. The van der Waals surface area contributed by atoms with Crippen LogP contribution in [0.3, 0.4) is 0 Å². The van der Waals surface area contributed by atoms with Crippen LogP contribution < -0.4 is 0 Å². The first-order valence-corrected chi connectivity index (χ1v) is 14.6. The number of hydrogen-bond donors (Lipinski definition) is 0. The van der Waals surface area contributed by atoms with Gasteiger partial charge < -0.3 is 23.7 Å². The largest absolute Gasteiger partial charge is 0.463 e. The van der Waals surface area contributed by atoms with Gasteiger partial charge in [-0.15, -0.1) is 0 Å². The van der Waals surface area contributed by atoms with E-state index in [1.807, 2.05) is 133 Å². The smallest absolute Gasteiger partial charge is 0.302 e. The van der Waals surface area contributed by atoms with E-state index in [9.17, 15) is 4.79 Å². The number of ether oxygens (including phenoxy) is 5. The summed E-state index contributed by atoms with van der Waals surface area (Å²) in [6.45, 7) is 2.49. The lowest BCUT2D eigenvalue weighted by Gasteiger charge is -2.45. The highest BCUT2D eigenvalue weighted by molar-refractivity contribution is 5.65. The topological polar surface area (TPSA) is 63.2 Å². The lowest BCUT2D eigenvalue weighted by atomic mass is 9.93. The van der Waals surface area contributed by atoms with Gasteiger partial charge in [-0.1, -0.05) is 133 Å². The van der Waals surface area contributed by atoms with Crippen LogP contribution in [0.15, 0.2) is 127 Å². The molecule has 0 saturated carbocycles. The van der Waals surface area contributed by atoms with Crippen molar-refractivity contribution in [3.05, 3.63) is 150 Å². The van der Waals surface area contributed by atoms with Crippen LogP contribution in [-0.2, 0) is 48.3 Å². The van der Waals surface area contributed by atoms with Crippen LogP contribution in [0.4, 0.5) is 0 Å². The van der Waals surface area contributed by atoms with Crippen molar-refractivity contribution in [1.29, 1.82) is 0 Å². The van der Waals surface area contributed by atoms with Gasteiger partial charge in [0.25, 0.3) is 0 Å². The second-order valence-electron chi connectivity index (χ2n) is 10.5. The van der Waals surface area contributed by atoms with E-state index in [1.165, 1.54) is 6.92 Å². The van der Waals surface area contributed by atoms with E-state index in [2.05, 4.69) is 0 Å². The monoisotopic (exact) mass is 578 g/mol. The van der Waals surface area contributed by atoms with E-state index >= 15 is 0 Å². The van der Waals surface area contributed by atoms with E-state index in [0.29, 0.717) is 19.8 Å². The highest BCUT2D eigenvalue weighted by atomic mass is 16.6. The number of esters is 1. The summed E-state index contributed by atoms with van der Waals surface area (Å²) < 4.78 is 32.0. The lowest BCUT2D eigenvalue weighted by Crippen LogP contribution is -2.60. The number of hydrogen-bond acceptors (Lipinski definition) is 6. The third kappa shape index (κ3) is 9.21. The molecule has 6 nitrogen and oxygen atoms in total. The second-order valence-corrected chi connectivity index (χ2v) is 10.5. The van der Waals surface area contributed by atoms with Gasteiger partial charge in [-0.3, -0.25) is 4.79 Å². The molecule has 1 heterocycles. The van der Waals surface area contributed by atoms with Crippen molar-refractivity contribution in [3.63, 3.8) is 0 Å². The minimum absolute atomic E-state index is 0.0288. The fraction of sp³-hybridized carbons (Fsp3) is 0.270. The minimum Gasteiger partial charge on any atom is -0.463 e. The molecule has 0 amide bonds. The maximum atomic E-state index is 11.9. The molecule has 1 saturated heterocycles. The fourth-order valence-electron chi connectivity index (χ4n) is 5.08.